The number of aliphatic imine (C=N–C) groups is 1. The Morgan fingerprint density at radius 3 is 2.65 bits per heavy atom. The van der Waals surface area contributed by atoms with Crippen molar-refractivity contribution in [2.24, 2.45) is 10.9 Å². The molecule has 4 heterocycles. The second-order valence-corrected chi connectivity index (χ2v) is 10.4. The fourth-order valence-corrected chi connectivity index (χ4v) is 5.17. The molecule has 1 saturated heterocycles. The molecule has 37 heavy (non-hydrogen) atoms. The number of fused-ring (bicyclic) bond motifs is 1. The second-order valence-electron chi connectivity index (χ2n) is 10.4. The summed E-state index contributed by atoms with van der Waals surface area (Å²) in [7, 11) is 1.76. The van der Waals surface area contributed by atoms with Gasteiger partial charge in [0.2, 0.25) is 0 Å². The zero-order chi connectivity index (χ0) is 25.9. The Bertz CT molecular complexity index is 1250. The minimum Gasteiger partial charge on any atom is -0.383 e. The van der Waals surface area contributed by atoms with Crippen LogP contribution in [0.5, 0.6) is 0 Å². The van der Waals surface area contributed by atoms with Gasteiger partial charge in [-0.1, -0.05) is 24.6 Å². The molecule has 0 radical (unpaired) electrons. The predicted octanol–water partition coefficient (Wildman–Crippen LogP) is 4.59. The maximum absolute atomic E-state index is 13.4. The topological polar surface area (TPSA) is 89.6 Å². The number of likely N-dealkylation sites (tertiary alicyclic amines) is 1. The monoisotopic (exact) mass is 503 g/mol. The number of benzene rings is 1. The average Bonchev–Trinajstić information content (AvgIpc) is 3.46. The van der Waals surface area contributed by atoms with Gasteiger partial charge in [0, 0.05) is 37.9 Å². The Morgan fingerprint density at radius 2 is 1.92 bits per heavy atom. The number of rotatable bonds is 7. The molecule has 2 aromatic heterocycles. The van der Waals surface area contributed by atoms with Crippen LogP contribution in [0.15, 0.2) is 41.5 Å². The number of ether oxygens (including phenoxy) is 1. The highest BCUT2D eigenvalue weighted by Gasteiger charge is 2.27. The molecule has 2 atom stereocenters. The number of anilines is 1. The Labute approximate surface area is 218 Å². The van der Waals surface area contributed by atoms with E-state index in [1.165, 1.54) is 5.56 Å². The summed E-state index contributed by atoms with van der Waals surface area (Å²) in [6.45, 7) is 9.90. The molecule has 1 amide bonds. The predicted molar refractivity (Wildman–Crippen MR) is 145 cm³/mol. The highest BCUT2D eigenvalue weighted by molar-refractivity contribution is 6.07. The molecule has 1 fully saturated rings. The first-order valence-corrected chi connectivity index (χ1v) is 13.2. The number of aromatic nitrogens is 4. The molecule has 0 spiro atoms. The summed E-state index contributed by atoms with van der Waals surface area (Å²) in [4.78, 5) is 20.5. The normalized spacial score (nSPS) is 19.4. The molecule has 9 heteroatoms. The first-order valence-electron chi connectivity index (χ1n) is 13.2. The van der Waals surface area contributed by atoms with E-state index in [2.05, 4.69) is 53.2 Å². The number of hydrogen-bond donors (Lipinski definition) is 1. The number of aryl methyl sites for hydroxylation is 2. The van der Waals surface area contributed by atoms with Crippen molar-refractivity contribution in [3.63, 3.8) is 0 Å². The number of carbonyl (C=O) groups is 1. The molecule has 2 aliphatic heterocycles. The zero-order valence-electron chi connectivity index (χ0n) is 22.2. The number of methoxy groups -OCH3 is 1. The number of hydrogen-bond acceptors (Lipinski definition) is 6. The smallest absolute Gasteiger partial charge is 0.262 e. The van der Waals surface area contributed by atoms with Gasteiger partial charge in [0.1, 0.15) is 11.4 Å². The van der Waals surface area contributed by atoms with Crippen LogP contribution < -0.4 is 5.32 Å². The van der Waals surface area contributed by atoms with Crippen LogP contribution in [0.1, 0.15) is 60.6 Å². The lowest BCUT2D eigenvalue weighted by molar-refractivity contribution is 0.0815. The third kappa shape index (κ3) is 5.52. The highest BCUT2D eigenvalue weighted by atomic mass is 16.5. The van der Waals surface area contributed by atoms with E-state index in [1.54, 1.807) is 13.3 Å². The Hall–Kier alpha value is -3.30. The van der Waals surface area contributed by atoms with E-state index >= 15 is 0 Å². The molecule has 0 aliphatic carbocycles. The van der Waals surface area contributed by atoms with Crippen molar-refractivity contribution in [1.29, 1.82) is 0 Å². The molecule has 9 nitrogen and oxygen atoms in total. The quantitative estimate of drug-likeness (QED) is 0.510. The molecule has 0 saturated carbocycles. The summed E-state index contributed by atoms with van der Waals surface area (Å²) in [5.41, 5.74) is 3.58. The number of amides is 1. The van der Waals surface area contributed by atoms with Crippen LogP contribution in [0.4, 0.5) is 11.6 Å². The second kappa shape index (κ2) is 11.0. The first kappa shape index (κ1) is 25.4. The van der Waals surface area contributed by atoms with E-state index in [0.29, 0.717) is 35.1 Å². The van der Waals surface area contributed by atoms with Crippen molar-refractivity contribution < 1.29 is 9.53 Å². The van der Waals surface area contributed by atoms with Crippen molar-refractivity contribution in [3.8, 4) is 5.69 Å². The molecule has 2 unspecified atom stereocenters. The first-order chi connectivity index (χ1) is 17.9. The van der Waals surface area contributed by atoms with E-state index < -0.39 is 0 Å². The van der Waals surface area contributed by atoms with Gasteiger partial charge in [-0.15, -0.1) is 0 Å². The number of nitrogens with zero attached hydrogens (tertiary/aromatic N) is 6. The lowest BCUT2D eigenvalue weighted by Crippen LogP contribution is -2.41. The summed E-state index contributed by atoms with van der Waals surface area (Å²) in [5, 5.41) is 12.5. The fraction of sp³-hybridized carbons (Fsp3) is 0.500. The van der Waals surface area contributed by atoms with Crippen LogP contribution in [0, 0.1) is 12.8 Å². The summed E-state index contributed by atoms with van der Waals surface area (Å²) in [6, 6.07) is 10.6. The lowest BCUT2D eigenvalue weighted by Gasteiger charge is -2.35. The maximum atomic E-state index is 13.4. The van der Waals surface area contributed by atoms with Crippen molar-refractivity contribution in [3.05, 3.63) is 53.3 Å². The number of carbonyl (C=O) groups excluding carboxylic acids is 1. The standard InChI is InChI=1S/C28H37N7O2/c1-19-5-7-23(8-6-19)35-26(15-25(32-35)22-10-12-33(13-11-22)21(3)18-37-4)31-28(36)24-17-30-34-14-9-20(2)16-29-27(24)34/h5-8,15-17,20-22H,9-14,18H2,1-4H3,(H,31,36). The molecule has 1 N–H and O–H groups in total. The van der Waals surface area contributed by atoms with Crippen LogP contribution in [0.25, 0.3) is 5.69 Å². The van der Waals surface area contributed by atoms with E-state index in [9.17, 15) is 4.79 Å². The van der Waals surface area contributed by atoms with Gasteiger partial charge in [0.15, 0.2) is 5.82 Å². The fourth-order valence-electron chi connectivity index (χ4n) is 5.17. The molecular weight excluding hydrogens is 466 g/mol. The van der Waals surface area contributed by atoms with Gasteiger partial charge in [-0.2, -0.15) is 10.2 Å². The molecule has 2 aliphatic rings. The Balaban J connectivity index is 1.40. The third-order valence-electron chi connectivity index (χ3n) is 7.53. The van der Waals surface area contributed by atoms with Crippen molar-refractivity contribution in [2.45, 2.75) is 58.5 Å². The van der Waals surface area contributed by atoms with Crippen LogP contribution >= 0.6 is 0 Å². The molecule has 1 aromatic carbocycles. The molecule has 3 aromatic rings. The minimum absolute atomic E-state index is 0.226. The summed E-state index contributed by atoms with van der Waals surface area (Å²) in [5.74, 6) is 1.74. The van der Waals surface area contributed by atoms with Gasteiger partial charge in [0.05, 0.1) is 24.2 Å². The van der Waals surface area contributed by atoms with E-state index in [1.807, 2.05) is 33.8 Å². The van der Waals surface area contributed by atoms with Crippen molar-refractivity contribution in [2.75, 3.05) is 32.1 Å². The van der Waals surface area contributed by atoms with Crippen molar-refractivity contribution in [1.82, 2.24) is 24.5 Å². The highest BCUT2D eigenvalue weighted by Crippen LogP contribution is 2.32. The molecule has 5 rings (SSSR count). The minimum atomic E-state index is -0.226. The SMILES string of the molecule is COCC(C)N1CCC(c2cc(NC(=O)c3cnn4c3N=CC(C)CC4)n(-c3ccc(C)cc3)n2)CC1. The number of nitrogens with one attached hydrogen (secondary N) is 1. The summed E-state index contributed by atoms with van der Waals surface area (Å²) >= 11 is 0. The molecule has 196 valence electrons. The van der Waals surface area contributed by atoms with Crippen LogP contribution in [-0.4, -0.2) is 69.4 Å². The molecule has 0 bridgehead atoms. The molecular formula is C28H37N7O2. The van der Waals surface area contributed by atoms with E-state index in [0.717, 1.165) is 56.9 Å². The van der Waals surface area contributed by atoms with Gasteiger partial charge in [-0.05, 0) is 64.3 Å². The van der Waals surface area contributed by atoms with Gasteiger partial charge >= 0.3 is 0 Å². The van der Waals surface area contributed by atoms with Crippen molar-refractivity contribution >= 4 is 23.8 Å². The zero-order valence-corrected chi connectivity index (χ0v) is 22.2. The van der Waals surface area contributed by atoms with Gasteiger partial charge < -0.3 is 10.1 Å². The van der Waals surface area contributed by atoms with Crippen LogP contribution in [-0.2, 0) is 11.3 Å². The number of piperidine rings is 1. The van der Waals surface area contributed by atoms with Gasteiger partial charge in [-0.25, -0.2) is 14.4 Å². The summed E-state index contributed by atoms with van der Waals surface area (Å²) in [6.07, 6.45) is 6.52. The average molecular weight is 504 g/mol. The Morgan fingerprint density at radius 1 is 1.16 bits per heavy atom. The van der Waals surface area contributed by atoms with Gasteiger partial charge in [-0.3, -0.25) is 9.69 Å². The Kier molecular flexibility index (Phi) is 7.53. The van der Waals surface area contributed by atoms with Gasteiger partial charge in [0.25, 0.3) is 5.91 Å². The van der Waals surface area contributed by atoms with E-state index in [4.69, 9.17) is 9.84 Å². The summed E-state index contributed by atoms with van der Waals surface area (Å²) < 4.78 is 9.01. The van der Waals surface area contributed by atoms with Crippen LogP contribution in [0.2, 0.25) is 0 Å². The largest absolute Gasteiger partial charge is 0.383 e. The third-order valence-corrected chi connectivity index (χ3v) is 7.53. The lowest BCUT2D eigenvalue weighted by atomic mass is 9.93. The van der Waals surface area contributed by atoms with Crippen LogP contribution in [0.3, 0.4) is 0 Å². The van der Waals surface area contributed by atoms with E-state index in [-0.39, 0.29) is 5.91 Å². The maximum Gasteiger partial charge on any atom is 0.262 e.